The maximum absolute atomic E-state index is 11.6. The average Bonchev–Trinajstić information content (AvgIpc) is 2.95. The molecule has 0 bridgehead atoms. The Kier molecular flexibility index (Phi) is 3.78. The van der Waals surface area contributed by atoms with Crippen LogP contribution in [-0.4, -0.2) is 17.0 Å². The number of hydrogen-bond donors (Lipinski definition) is 0. The largest absolute Gasteiger partial charge is 0.361 e. The second-order valence-electron chi connectivity index (χ2n) is 4.53. The van der Waals surface area contributed by atoms with Crippen molar-refractivity contribution in [1.29, 1.82) is 0 Å². The van der Waals surface area contributed by atoms with Crippen molar-refractivity contribution in [2.24, 2.45) is 5.92 Å². The monoisotopic (exact) mass is 221 g/mol. The zero-order valence-corrected chi connectivity index (χ0v) is 9.82. The van der Waals surface area contributed by atoms with Gasteiger partial charge in [-0.15, -0.1) is 0 Å². The summed E-state index contributed by atoms with van der Waals surface area (Å²) < 4.78 is 7.48. The Labute approximate surface area is 96.4 Å². The summed E-state index contributed by atoms with van der Waals surface area (Å²) in [7, 11) is 0. The molecule has 3 heteroatoms. The maximum Gasteiger partial charge on any atom is 0.164 e. The Morgan fingerprint density at radius 3 is 3.06 bits per heavy atom. The highest BCUT2D eigenvalue weighted by molar-refractivity contribution is 5.95. The first-order valence-corrected chi connectivity index (χ1v) is 6.06. The molecule has 1 saturated carbocycles. The zero-order valence-electron chi connectivity index (χ0n) is 9.82. The third-order valence-electron chi connectivity index (χ3n) is 2.84. The smallest absolute Gasteiger partial charge is 0.164 e. The van der Waals surface area contributed by atoms with E-state index in [1.165, 1.54) is 12.8 Å². The van der Waals surface area contributed by atoms with Crippen molar-refractivity contribution in [1.82, 2.24) is 4.57 Å². The van der Waals surface area contributed by atoms with E-state index in [2.05, 4.69) is 0 Å². The minimum atomic E-state index is 0.225. The summed E-state index contributed by atoms with van der Waals surface area (Å²) in [6.45, 7) is 3.44. The van der Waals surface area contributed by atoms with E-state index in [-0.39, 0.29) is 5.78 Å². The minimum absolute atomic E-state index is 0.225. The van der Waals surface area contributed by atoms with E-state index >= 15 is 0 Å². The van der Waals surface area contributed by atoms with Crippen molar-refractivity contribution < 1.29 is 9.53 Å². The van der Waals surface area contributed by atoms with E-state index in [1.807, 2.05) is 30.0 Å². The average molecular weight is 221 g/mol. The molecular weight excluding hydrogens is 202 g/mol. The Hall–Kier alpha value is -1.09. The number of ether oxygens (including phenoxy) is 1. The molecule has 1 fully saturated rings. The predicted octanol–water partition coefficient (Wildman–Crippen LogP) is 2.86. The van der Waals surface area contributed by atoms with Crippen molar-refractivity contribution in [3.05, 3.63) is 24.0 Å². The van der Waals surface area contributed by atoms with Gasteiger partial charge in [-0.2, -0.15) is 0 Å². The zero-order chi connectivity index (χ0) is 11.4. The topological polar surface area (TPSA) is 31.2 Å². The molecule has 0 aliphatic heterocycles. The number of nitrogens with zero attached hydrogens (tertiary/aromatic N) is 1. The number of ketones is 1. The van der Waals surface area contributed by atoms with Crippen LogP contribution >= 0.6 is 0 Å². The fourth-order valence-electron chi connectivity index (χ4n) is 1.67. The summed E-state index contributed by atoms with van der Waals surface area (Å²) in [5.41, 5.74) is 0.803. The summed E-state index contributed by atoms with van der Waals surface area (Å²) in [5.74, 6) is 1.01. The molecule has 0 aromatic carbocycles. The molecule has 0 unspecified atom stereocenters. The third-order valence-corrected chi connectivity index (χ3v) is 2.84. The van der Waals surface area contributed by atoms with Crippen LogP contribution in [0.15, 0.2) is 18.5 Å². The number of aromatic nitrogens is 1. The highest BCUT2D eigenvalue weighted by atomic mass is 16.5. The lowest BCUT2D eigenvalue weighted by Crippen LogP contribution is -2.03. The SMILES string of the molecule is CCCC(=O)c1ccn(COCC2CC2)c1. The van der Waals surface area contributed by atoms with E-state index in [4.69, 9.17) is 4.74 Å². The molecule has 88 valence electrons. The summed E-state index contributed by atoms with van der Waals surface area (Å²) in [6.07, 6.45) is 7.95. The molecule has 3 nitrogen and oxygen atoms in total. The molecule has 0 atom stereocenters. The highest BCUT2D eigenvalue weighted by Gasteiger charge is 2.21. The Bertz CT molecular complexity index is 353. The standard InChI is InChI=1S/C13H19NO2/c1-2-3-13(15)12-6-7-14(8-12)10-16-9-11-4-5-11/h6-8,11H,2-5,9-10H2,1H3. The first-order valence-electron chi connectivity index (χ1n) is 6.06. The van der Waals surface area contributed by atoms with E-state index in [9.17, 15) is 4.79 Å². The fraction of sp³-hybridized carbons (Fsp3) is 0.615. The quantitative estimate of drug-likeness (QED) is 0.663. The minimum Gasteiger partial charge on any atom is -0.361 e. The lowest BCUT2D eigenvalue weighted by molar-refractivity contribution is 0.0691. The van der Waals surface area contributed by atoms with Gasteiger partial charge in [0, 0.05) is 24.4 Å². The van der Waals surface area contributed by atoms with Crippen LogP contribution in [0.2, 0.25) is 0 Å². The first-order chi connectivity index (χ1) is 7.79. The molecule has 0 N–H and O–H groups in total. The van der Waals surface area contributed by atoms with Crippen LogP contribution in [0.5, 0.6) is 0 Å². The Morgan fingerprint density at radius 2 is 2.38 bits per heavy atom. The van der Waals surface area contributed by atoms with Gasteiger partial charge in [0.1, 0.15) is 6.73 Å². The second kappa shape index (κ2) is 5.30. The summed E-state index contributed by atoms with van der Waals surface area (Å²) in [5, 5.41) is 0. The van der Waals surface area contributed by atoms with Crippen molar-refractivity contribution in [3.63, 3.8) is 0 Å². The molecule has 16 heavy (non-hydrogen) atoms. The van der Waals surface area contributed by atoms with Gasteiger partial charge < -0.3 is 9.30 Å². The molecule has 0 radical (unpaired) electrons. The van der Waals surface area contributed by atoms with Crippen molar-refractivity contribution >= 4 is 5.78 Å². The van der Waals surface area contributed by atoms with E-state index in [0.29, 0.717) is 13.2 Å². The molecule has 1 aromatic rings. The van der Waals surface area contributed by atoms with Crippen LogP contribution in [0, 0.1) is 5.92 Å². The van der Waals surface area contributed by atoms with Crippen LogP contribution in [0.1, 0.15) is 43.0 Å². The molecule has 1 heterocycles. The molecule has 1 aliphatic rings. The van der Waals surface area contributed by atoms with Gasteiger partial charge >= 0.3 is 0 Å². The van der Waals surface area contributed by atoms with Gasteiger partial charge in [0.2, 0.25) is 0 Å². The molecule has 1 aliphatic carbocycles. The third kappa shape index (κ3) is 3.20. The Balaban J connectivity index is 1.78. The lowest BCUT2D eigenvalue weighted by atomic mass is 10.1. The Morgan fingerprint density at radius 1 is 1.56 bits per heavy atom. The van der Waals surface area contributed by atoms with Gasteiger partial charge in [0.15, 0.2) is 5.78 Å². The van der Waals surface area contributed by atoms with Gasteiger partial charge in [-0.05, 0) is 31.2 Å². The number of carbonyl (C=O) groups is 1. The van der Waals surface area contributed by atoms with E-state index in [0.717, 1.165) is 24.5 Å². The van der Waals surface area contributed by atoms with Gasteiger partial charge in [-0.25, -0.2) is 0 Å². The maximum atomic E-state index is 11.6. The van der Waals surface area contributed by atoms with Crippen molar-refractivity contribution in [2.75, 3.05) is 6.61 Å². The molecule has 1 aromatic heterocycles. The van der Waals surface area contributed by atoms with Crippen LogP contribution in [0.25, 0.3) is 0 Å². The van der Waals surface area contributed by atoms with Gasteiger partial charge in [-0.3, -0.25) is 4.79 Å². The van der Waals surface area contributed by atoms with Crippen LogP contribution in [0.4, 0.5) is 0 Å². The molecule has 2 rings (SSSR count). The number of carbonyl (C=O) groups excluding carboxylic acids is 1. The van der Waals surface area contributed by atoms with Crippen LogP contribution < -0.4 is 0 Å². The van der Waals surface area contributed by atoms with Gasteiger partial charge in [0.25, 0.3) is 0 Å². The lowest BCUT2D eigenvalue weighted by Gasteiger charge is -2.03. The highest BCUT2D eigenvalue weighted by Crippen LogP contribution is 2.28. The van der Waals surface area contributed by atoms with E-state index in [1.54, 1.807) is 0 Å². The molecule has 0 saturated heterocycles. The fourth-order valence-corrected chi connectivity index (χ4v) is 1.67. The number of hydrogen-bond acceptors (Lipinski definition) is 2. The number of Topliss-reactive ketones (excluding diaryl/α,β-unsaturated/α-hetero) is 1. The van der Waals surface area contributed by atoms with Gasteiger partial charge in [-0.1, -0.05) is 6.92 Å². The van der Waals surface area contributed by atoms with E-state index < -0.39 is 0 Å². The second-order valence-corrected chi connectivity index (χ2v) is 4.53. The summed E-state index contributed by atoms with van der Waals surface area (Å²) in [6, 6.07) is 1.87. The van der Waals surface area contributed by atoms with Gasteiger partial charge in [0.05, 0.1) is 6.61 Å². The normalized spacial score (nSPS) is 15.3. The molecule has 0 spiro atoms. The molecule has 0 amide bonds. The molecular formula is C13H19NO2. The van der Waals surface area contributed by atoms with Crippen LogP contribution in [-0.2, 0) is 11.5 Å². The number of rotatable bonds is 7. The van der Waals surface area contributed by atoms with Crippen molar-refractivity contribution in [3.8, 4) is 0 Å². The van der Waals surface area contributed by atoms with Crippen LogP contribution in [0.3, 0.4) is 0 Å². The first kappa shape index (κ1) is 11.4. The predicted molar refractivity (Wildman–Crippen MR) is 62.3 cm³/mol. The summed E-state index contributed by atoms with van der Waals surface area (Å²) >= 11 is 0. The summed E-state index contributed by atoms with van der Waals surface area (Å²) in [4.78, 5) is 11.6. The van der Waals surface area contributed by atoms with Crippen molar-refractivity contribution in [2.45, 2.75) is 39.3 Å².